The lowest BCUT2D eigenvalue weighted by Crippen LogP contribution is -2.31. The Labute approximate surface area is 103 Å². The Morgan fingerprint density at radius 2 is 2.06 bits per heavy atom. The van der Waals surface area contributed by atoms with Crippen LogP contribution in [0.25, 0.3) is 0 Å². The number of hydrogen-bond donors (Lipinski definition) is 1. The van der Waals surface area contributed by atoms with Gasteiger partial charge in [-0.25, -0.2) is 13.2 Å². The summed E-state index contributed by atoms with van der Waals surface area (Å²) in [7, 11) is 0. The summed E-state index contributed by atoms with van der Waals surface area (Å²) in [6.07, 6.45) is -2.52. The molecule has 0 aliphatic rings. The first-order valence-corrected chi connectivity index (χ1v) is 5.46. The summed E-state index contributed by atoms with van der Waals surface area (Å²) in [5.74, 6) is -0.605. The molecule has 2 nitrogen and oxygen atoms in total. The Morgan fingerprint density at radius 3 is 2.65 bits per heavy atom. The molecule has 1 aromatic rings. The molecule has 17 heavy (non-hydrogen) atoms. The van der Waals surface area contributed by atoms with Crippen LogP contribution in [0.5, 0.6) is 0 Å². The summed E-state index contributed by atoms with van der Waals surface area (Å²) in [5, 5.41) is 8.71. The van der Waals surface area contributed by atoms with Gasteiger partial charge in [0.05, 0.1) is 18.2 Å². The van der Waals surface area contributed by atoms with Gasteiger partial charge in [0, 0.05) is 18.7 Å². The SMILES string of the molecule is OCCN(Cc1cccc(Cl)c1F)CC(F)F. The quantitative estimate of drug-likeness (QED) is 0.856. The molecule has 0 spiro atoms. The highest BCUT2D eigenvalue weighted by Crippen LogP contribution is 2.19. The zero-order chi connectivity index (χ0) is 12.8. The van der Waals surface area contributed by atoms with Crippen molar-refractivity contribution >= 4 is 11.6 Å². The van der Waals surface area contributed by atoms with E-state index in [0.29, 0.717) is 0 Å². The second-order valence-electron chi connectivity index (χ2n) is 3.56. The Kier molecular flexibility index (Phi) is 5.74. The van der Waals surface area contributed by atoms with Crippen LogP contribution < -0.4 is 0 Å². The van der Waals surface area contributed by atoms with E-state index in [-0.39, 0.29) is 30.3 Å². The zero-order valence-electron chi connectivity index (χ0n) is 9.04. The third-order valence-electron chi connectivity index (χ3n) is 2.24. The summed E-state index contributed by atoms with van der Waals surface area (Å²) in [5.41, 5.74) is 0.242. The molecule has 0 saturated heterocycles. The molecule has 6 heteroatoms. The van der Waals surface area contributed by atoms with Crippen LogP contribution in [0.2, 0.25) is 5.02 Å². The third-order valence-corrected chi connectivity index (χ3v) is 2.53. The van der Waals surface area contributed by atoms with Gasteiger partial charge in [-0.2, -0.15) is 0 Å². The van der Waals surface area contributed by atoms with Crippen molar-refractivity contribution in [3.63, 3.8) is 0 Å². The molecule has 0 aliphatic heterocycles. The van der Waals surface area contributed by atoms with Gasteiger partial charge in [-0.05, 0) is 6.07 Å². The van der Waals surface area contributed by atoms with Crippen LogP contribution in [0.3, 0.4) is 0 Å². The molecule has 1 N–H and O–H groups in total. The van der Waals surface area contributed by atoms with Gasteiger partial charge in [0.1, 0.15) is 5.82 Å². The Bertz CT molecular complexity index is 363. The van der Waals surface area contributed by atoms with Gasteiger partial charge in [-0.3, -0.25) is 4.90 Å². The molecule has 0 saturated carbocycles. The first-order valence-electron chi connectivity index (χ1n) is 5.09. The third kappa shape index (κ3) is 4.53. The molecule has 0 aromatic heterocycles. The maximum absolute atomic E-state index is 13.5. The van der Waals surface area contributed by atoms with Gasteiger partial charge in [-0.1, -0.05) is 23.7 Å². The lowest BCUT2D eigenvalue weighted by molar-refractivity contribution is 0.0741. The predicted molar refractivity (Wildman–Crippen MR) is 59.8 cm³/mol. The molecule has 1 aromatic carbocycles. The number of alkyl halides is 2. The Hall–Kier alpha value is -0.780. The maximum atomic E-state index is 13.5. The Morgan fingerprint density at radius 1 is 1.35 bits per heavy atom. The minimum absolute atomic E-state index is 0.00269. The lowest BCUT2D eigenvalue weighted by Gasteiger charge is -2.21. The molecule has 0 fully saturated rings. The molecule has 0 bridgehead atoms. The van der Waals surface area contributed by atoms with Crippen molar-refractivity contribution in [3.8, 4) is 0 Å². The van der Waals surface area contributed by atoms with Crippen LogP contribution in [-0.2, 0) is 6.54 Å². The maximum Gasteiger partial charge on any atom is 0.251 e. The van der Waals surface area contributed by atoms with E-state index < -0.39 is 18.8 Å². The highest BCUT2D eigenvalue weighted by molar-refractivity contribution is 6.30. The summed E-state index contributed by atoms with van der Waals surface area (Å²) in [4.78, 5) is 1.28. The predicted octanol–water partition coefficient (Wildman–Crippen LogP) is 2.54. The molecule has 0 unspecified atom stereocenters. The van der Waals surface area contributed by atoms with Gasteiger partial charge in [0.25, 0.3) is 6.43 Å². The van der Waals surface area contributed by atoms with Crippen molar-refractivity contribution < 1.29 is 18.3 Å². The number of nitrogens with zero attached hydrogens (tertiary/aromatic N) is 1. The molecular weight excluding hydrogens is 255 g/mol. The average molecular weight is 268 g/mol. The van der Waals surface area contributed by atoms with Crippen molar-refractivity contribution in [2.24, 2.45) is 0 Å². The molecule has 0 radical (unpaired) electrons. The number of benzene rings is 1. The van der Waals surface area contributed by atoms with Crippen LogP contribution in [-0.4, -0.2) is 36.1 Å². The van der Waals surface area contributed by atoms with Crippen molar-refractivity contribution in [2.75, 3.05) is 19.7 Å². The number of hydrogen-bond acceptors (Lipinski definition) is 2. The van der Waals surface area contributed by atoms with Crippen molar-refractivity contribution in [2.45, 2.75) is 13.0 Å². The van der Waals surface area contributed by atoms with E-state index in [1.54, 1.807) is 6.07 Å². The van der Waals surface area contributed by atoms with Crippen LogP contribution in [0.1, 0.15) is 5.56 Å². The van der Waals surface area contributed by atoms with Crippen LogP contribution >= 0.6 is 11.6 Å². The molecule has 0 amide bonds. The monoisotopic (exact) mass is 267 g/mol. The molecular formula is C11H13ClF3NO. The van der Waals surface area contributed by atoms with Crippen LogP contribution in [0, 0.1) is 5.82 Å². The normalized spacial score (nSPS) is 11.5. The van der Waals surface area contributed by atoms with E-state index in [1.165, 1.54) is 17.0 Å². The summed E-state index contributed by atoms with van der Waals surface area (Å²) in [6, 6.07) is 4.43. The molecule has 0 atom stereocenters. The highest BCUT2D eigenvalue weighted by atomic mass is 35.5. The number of aliphatic hydroxyl groups excluding tert-OH is 1. The molecule has 1 rings (SSSR count). The number of halogens is 4. The fraction of sp³-hybridized carbons (Fsp3) is 0.455. The van der Waals surface area contributed by atoms with E-state index in [9.17, 15) is 13.2 Å². The smallest absolute Gasteiger partial charge is 0.251 e. The average Bonchev–Trinajstić information content (AvgIpc) is 2.24. The second kappa shape index (κ2) is 6.83. The van der Waals surface area contributed by atoms with E-state index in [1.807, 2.05) is 0 Å². The van der Waals surface area contributed by atoms with E-state index in [0.717, 1.165) is 0 Å². The highest BCUT2D eigenvalue weighted by Gasteiger charge is 2.15. The molecule has 0 aliphatic carbocycles. The molecule has 0 heterocycles. The summed E-state index contributed by atoms with van der Waals surface area (Å²) in [6.45, 7) is -0.699. The summed E-state index contributed by atoms with van der Waals surface area (Å²) < 4.78 is 38.0. The van der Waals surface area contributed by atoms with Crippen LogP contribution in [0.4, 0.5) is 13.2 Å². The first kappa shape index (κ1) is 14.3. The van der Waals surface area contributed by atoms with E-state index in [2.05, 4.69) is 0 Å². The number of rotatable bonds is 6. The first-order chi connectivity index (χ1) is 8.04. The fourth-order valence-corrected chi connectivity index (χ4v) is 1.68. The largest absolute Gasteiger partial charge is 0.395 e. The van der Waals surface area contributed by atoms with Crippen molar-refractivity contribution in [1.82, 2.24) is 4.90 Å². The van der Waals surface area contributed by atoms with Gasteiger partial charge in [-0.15, -0.1) is 0 Å². The van der Waals surface area contributed by atoms with E-state index in [4.69, 9.17) is 16.7 Å². The minimum Gasteiger partial charge on any atom is -0.395 e. The number of aliphatic hydroxyl groups is 1. The van der Waals surface area contributed by atoms with Gasteiger partial charge in [0.15, 0.2) is 0 Å². The standard InChI is InChI=1S/C11H13ClF3NO/c12-9-3-1-2-8(11(9)15)6-16(4-5-17)7-10(13)14/h1-3,10,17H,4-7H2. The van der Waals surface area contributed by atoms with Crippen molar-refractivity contribution in [3.05, 3.63) is 34.6 Å². The fourth-order valence-electron chi connectivity index (χ4n) is 1.48. The topological polar surface area (TPSA) is 23.5 Å². The van der Waals surface area contributed by atoms with E-state index >= 15 is 0 Å². The van der Waals surface area contributed by atoms with Gasteiger partial charge < -0.3 is 5.11 Å². The molecule has 96 valence electrons. The van der Waals surface area contributed by atoms with Gasteiger partial charge in [0.2, 0.25) is 0 Å². The zero-order valence-corrected chi connectivity index (χ0v) is 9.80. The Balaban J connectivity index is 2.74. The second-order valence-corrected chi connectivity index (χ2v) is 3.97. The van der Waals surface area contributed by atoms with Crippen molar-refractivity contribution in [1.29, 1.82) is 0 Å². The van der Waals surface area contributed by atoms with Crippen LogP contribution in [0.15, 0.2) is 18.2 Å². The minimum atomic E-state index is -2.52. The summed E-state index contributed by atoms with van der Waals surface area (Å²) >= 11 is 5.59. The lowest BCUT2D eigenvalue weighted by atomic mass is 10.2. The van der Waals surface area contributed by atoms with Gasteiger partial charge >= 0.3 is 0 Å².